The molecule has 0 aromatic rings. The number of nitrogens with zero attached hydrogens (tertiary/aromatic N) is 1. The van der Waals surface area contributed by atoms with Gasteiger partial charge in [0.1, 0.15) is 0 Å². The Morgan fingerprint density at radius 2 is 1.70 bits per heavy atom. The first-order valence-corrected chi connectivity index (χ1v) is 17.9. The van der Waals surface area contributed by atoms with Crippen molar-refractivity contribution in [2.45, 2.75) is 102 Å². The summed E-state index contributed by atoms with van der Waals surface area (Å²) >= 11 is 0. The number of fused-ring (bicyclic) bond motifs is 6. The van der Waals surface area contributed by atoms with Crippen LogP contribution in [0.1, 0.15) is 78.1 Å². The topological polar surface area (TPSA) is 69.6 Å². The summed E-state index contributed by atoms with van der Waals surface area (Å²) in [4.78, 5) is 2.77. The van der Waals surface area contributed by atoms with Crippen molar-refractivity contribution in [2.75, 3.05) is 66.4 Å². The second-order valence-corrected chi connectivity index (χ2v) is 16.3. The Labute approximate surface area is 259 Å². The fraction of sp³-hybridized carbons (Fsp3) is 0.944. The van der Waals surface area contributed by atoms with Crippen LogP contribution in [0.5, 0.6) is 0 Å². The van der Waals surface area contributed by atoms with Crippen molar-refractivity contribution in [1.29, 1.82) is 0 Å². The lowest BCUT2D eigenvalue weighted by atomic mass is 9.47. The third kappa shape index (κ3) is 4.30. The minimum Gasteiger partial charge on any atom is -0.389 e. The molecule has 0 aromatic heterocycles. The quantitative estimate of drug-likeness (QED) is 0.254. The summed E-state index contributed by atoms with van der Waals surface area (Å²) in [6, 6.07) is 0.579. The molecule has 43 heavy (non-hydrogen) atoms. The Morgan fingerprint density at radius 1 is 0.930 bits per heavy atom. The first-order valence-electron chi connectivity index (χ1n) is 17.9. The van der Waals surface area contributed by atoms with Gasteiger partial charge >= 0.3 is 0 Å². The van der Waals surface area contributed by atoms with Crippen LogP contribution in [0.2, 0.25) is 0 Å². The maximum Gasteiger partial charge on any atom is 0.0793 e. The van der Waals surface area contributed by atoms with Gasteiger partial charge in [0, 0.05) is 37.6 Å². The first kappa shape index (κ1) is 29.8. The maximum atomic E-state index is 10.4. The van der Waals surface area contributed by atoms with E-state index in [1.54, 1.807) is 12.7 Å². The molecule has 242 valence electrons. The molecule has 8 aliphatic rings. The van der Waals surface area contributed by atoms with Gasteiger partial charge in [0.25, 0.3) is 0 Å². The Morgan fingerprint density at radius 3 is 2.49 bits per heavy atom. The van der Waals surface area contributed by atoms with Crippen molar-refractivity contribution >= 4 is 0 Å². The maximum absolute atomic E-state index is 10.4. The highest BCUT2D eigenvalue weighted by atomic mass is 16.6. The Kier molecular flexibility index (Phi) is 7.65. The normalized spacial score (nSPS) is 50.7. The predicted molar refractivity (Wildman–Crippen MR) is 164 cm³/mol. The second kappa shape index (κ2) is 11.0. The smallest absolute Gasteiger partial charge is 0.0793 e. The van der Waals surface area contributed by atoms with Gasteiger partial charge in [-0.05, 0) is 98.7 Å². The highest BCUT2D eigenvalue weighted by molar-refractivity contribution is 5.41. The van der Waals surface area contributed by atoms with E-state index in [0.29, 0.717) is 79.9 Å². The van der Waals surface area contributed by atoms with Crippen molar-refractivity contribution in [3.8, 4) is 0 Å². The molecule has 6 aliphatic carbocycles. The number of piperidine rings is 1. The summed E-state index contributed by atoms with van der Waals surface area (Å²) in [6.45, 7) is 11.7. The zero-order valence-corrected chi connectivity index (χ0v) is 27.1. The molecule has 0 bridgehead atoms. The summed E-state index contributed by atoms with van der Waals surface area (Å²) < 4.78 is 29.6. The van der Waals surface area contributed by atoms with Crippen molar-refractivity contribution in [1.82, 2.24) is 4.90 Å². The molecule has 1 N–H and O–H groups in total. The predicted octanol–water partition coefficient (Wildman–Crippen LogP) is 4.85. The molecular weight excluding hydrogens is 542 g/mol. The minimum absolute atomic E-state index is 0.150. The molecule has 7 heteroatoms. The van der Waals surface area contributed by atoms with Crippen LogP contribution < -0.4 is 0 Å². The van der Waals surface area contributed by atoms with Gasteiger partial charge < -0.3 is 28.8 Å². The van der Waals surface area contributed by atoms with E-state index < -0.39 is 0 Å². The Hall–Kier alpha value is -0.540. The van der Waals surface area contributed by atoms with Gasteiger partial charge in [0.15, 0.2) is 0 Å². The molecule has 12 atom stereocenters. The lowest BCUT2D eigenvalue weighted by Gasteiger charge is -2.60. The number of aliphatic hydroxyl groups excluding tert-OH is 1. The summed E-state index contributed by atoms with van der Waals surface area (Å²) in [5.74, 6) is 4.03. The number of allylic oxidation sites excluding steroid dienone is 1. The van der Waals surface area contributed by atoms with Crippen LogP contribution in [-0.2, 0) is 23.7 Å². The zero-order valence-electron chi connectivity index (χ0n) is 27.1. The molecular formula is C36H57NO6. The van der Waals surface area contributed by atoms with Gasteiger partial charge in [-0.2, -0.15) is 0 Å². The van der Waals surface area contributed by atoms with Crippen molar-refractivity contribution < 1.29 is 28.8 Å². The average molecular weight is 600 g/mol. The van der Waals surface area contributed by atoms with Crippen LogP contribution in [0, 0.1) is 45.8 Å². The molecule has 5 saturated carbocycles. The van der Waals surface area contributed by atoms with E-state index in [4.69, 9.17) is 23.7 Å². The largest absolute Gasteiger partial charge is 0.389 e. The van der Waals surface area contributed by atoms with Gasteiger partial charge in [0.2, 0.25) is 0 Å². The average Bonchev–Trinajstić information content (AvgIpc) is 3.47. The van der Waals surface area contributed by atoms with Gasteiger partial charge in [-0.3, -0.25) is 4.90 Å². The third-order valence-corrected chi connectivity index (χ3v) is 14.7. The molecule has 0 aromatic carbocycles. The van der Waals surface area contributed by atoms with Crippen molar-refractivity contribution in [3.05, 3.63) is 11.6 Å². The van der Waals surface area contributed by atoms with Crippen LogP contribution in [0.25, 0.3) is 0 Å². The van der Waals surface area contributed by atoms with Crippen molar-refractivity contribution in [2.24, 2.45) is 45.8 Å². The van der Waals surface area contributed by atoms with Gasteiger partial charge in [-0.1, -0.05) is 25.5 Å². The Balaban J connectivity index is 0.894. The SMILES string of the molecule is COCCOCCOCCOCCN1C[C@@H](C)C[C@H]2O[C@@]34CC[C@H]5[C@@H]6CCC7=C[C@@H](O)CC[C@]7(C)[C@H]6CC56CC63C[C@@H]4[C@@H]21. The highest BCUT2D eigenvalue weighted by Crippen LogP contribution is 2.93. The molecule has 8 rings (SSSR count). The van der Waals surface area contributed by atoms with E-state index in [2.05, 4.69) is 24.8 Å². The number of hydrogen-bond donors (Lipinski definition) is 1. The number of hydrogen-bond acceptors (Lipinski definition) is 7. The van der Waals surface area contributed by atoms with Crippen LogP contribution in [-0.4, -0.2) is 100 Å². The third-order valence-electron chi connectivity index (χ3n) is 14.7. The lowest BCUT2D eigenvalue weighted by Crippen LogP contribution is -2.64. The molecule has 2 aliphatic heterocycles. The fourth-order valence-corrected chi connectivity index (χ4v) is 13.1. The molecule has 7 fully saturated rings. The van der Waals surface area contributed by atoms with E-state index in [-0.39, 0.29) is 11.7 Å². The van der Waals surface area contributed by atoms with Gasteiger partial charge in [-0.25, -0.2) is 0 Å². The van der Waals surface area contributed by atoms with Gasteiger partial charge in [-0.15, -0.1) is 0 Å². The number of likely N-dealkylation sites (tertiary alicyclic amines) is 1. The number of rotatable bonds is 12. The summed E-state index contributed by atoms with van der Waals surface area (Å²) in [7, 11) is 1.69. The standard InChI is InChI=1S/C36H57NO6/c1-24-18-31-32(37(22-24)10-11-40-14-15-42-17-16-41-13-12-39-3)30-21-35-23-34(35)20-29-27(28(34)7-9-36(30,35)43-31)5-4-25-19-26(38)6-8-33(25,29)2/h19,24,26-32,38H,4-18,20-23H2,1-3H3/t24-,26-,27-,28-,29-,30+,31+,32-,33-,34?,35?,36+/m0/s1. The summed E-state index contributed by atoms with van der Waals surface area (Å²) in [5.41, 5.74) is 3.09. The highest BCUT2D eigenvalue weighted by Gasteiger charge is 2.91. The van der Waals surface area contributed by atoms with Crippen LogP contribution >= 0.6 is 0 Å². The van der Waals surface area contributed by atoms with E-state index in [1.165, 1.54) is 64.3 Å². The Bertz CT molecular complexity index is 1080. The molecule has 2 unspecified atom stereocenters. The number of methoxy groups -OCH3 is 1. The lowest BCUT2D eigenvalue weighted by molar-refractivity contribution is -0.211. The second-order valence-electron chi connectivity index (χ2n) is 16.3. The molecule has 7 nitrogen and oxygen atoms in total. The zero-order chi connectivity index (χ0) is 29.5. The van der Waals surface area contributed by atoms with Gasteiger partial charge in [0.05, 0.1) is 64.1 Å². The number of ether oxygens (including phenoxy) is 5. The van der Waals surface area contributed by atoms with E-state index in [0.717, 1.165) is 37.3 Å². The van der Waals surface area contributed by atoms with E-state index in [9.17, 15) is 5.11 Å². The molecule has 0 amide bonds. The van der Waals surface area contributed by atoms with Crippen LogP contribution in [0.15, 0.2) is 11.6 Å². The van der Waals surface area contributed by atoms with Crippen LogP contribution in [0.3, 0.4) is 0 Å². The summed E-state index contributed by atoms with van der Waals surface area (Å²) in [6.07, 6.45) is 15.4. The summed E-state index contributed by atoms with van der Waals surface area (Å²) in [5, 5.41) is 10.4. The minimum atomic E-state index is -0.208. The molecule has 3 spiro atoms. The first-order chi connectivity index (χ1) is 20.9. The van der Waals surface area contributed by atoms with Crippen LogP contribution in [0.4, 0.5) is 0 Å². The molecule has 0 radical (unpaired) electrons. The van der Waals surface area contributed by atoms with E-state index >= 15 is 0 Å². The molecule has 2 heterocycles. The monoisotopic (exact) mass is 599 g/mol. The fourth-order valence-electron chi connectivity index (χ4n) is 13.1. The molecule has 2 saturated heterocycles. The van der Waals surface area contributed by atoms with E-state index in [1.807, 2.05) is 0 Å². The van der Waals surface area contributed by atoms with Crippen molar-refractivity contribution in [3.63, 3.8) is 0 Å². The number of aliphatic hydroxyl groups is 1.